The lowest BCUT2D eigenvalue weighted by Crippen LogP contribution is -2.56. The Kier molecular flexibility index (Phi) is 9.07. The minimum absolute atomic E-state index is 0.134. The number of nitrogens with one attached hydrogen (secondary N) is 1. The summed E-state index contributed by atoms with van der Waals surface area (Å²) in [5.41, 5.74) is 8.67. The van der Waals surface area contributed by atoms with Gasteiger partial charge in [-0.3, -0.25) is 14.4 Å². The van der Waals surface area contributed by atoms with Gasteiger partial charge >= 0.3 is 5.97 Å². The Hall–Kier alpha value is -3.26. The molecular formula is C33H42FN3O4. The van der Waals surface area contributed by atoms with Crippen molar-refractivity contribution in [2.75, 3.05) is 19.7 Å². The van der Waals surface area contributed by atoms with E-state index < -0.39 is 23.4 Å². The van der Waals surface area contributed by atoms with Gasteiger partial charge in [0.05, 0.1) is 17.9 Å². The van der Waals surface area contributed by atoms with E-state index in [4.69, 9.17) is 10.5 Å². The van der Waals surface area contributed by atoms with Crippen LogP contribution in [0.1, 0.15) is 74.6 Å². The lowest BCUT2D eigenvalue weighted by molar-refractivity contribution is -0.166. The zero-order chi connectivity index (χ0) is 29.0. The number of amides is 2. The number of carbonyl (C=O) groups is 3. The average Bonchev–Trinajstić information content (AvgIpc) is 3.34. The third kappa shape index (κ3) is 6.17. The first kappa shape index (κ1) is 29.2. The van der Waals surface area contributed by atoms with Gasteiger partial charge in [0.2, 0.25) is 11.8 Å². The second kappa shape index (κ2) is 12.7. The van der Waals surface area contributed by atoms with Gasteiger partial charge < -0.3 is 20.7 Å². The van der Waals surface area contributed by atoms with Gasteiger partial charge in [-0.2, -0.15) is 0 Å². The second-order valence-electron chi connectivity index (χ2n) is 12.0. The molecule has 0 bridgehead atoms. The summed E-state index contributed by atoms with van der Waals surface area (Å²) in [6.07, 6.45) is 7.33. The predicted molar refractivity (Wildman–Crippen MR) is 154 cm³/mol. The number of ether oxygens (including phenoxy) is 1. The van der Waals surface area contributed by atoms with Crippen molar-refractivity contribution in [3.63, 3.8) is 0 Å². The molecule has 2 aromatic carbocycles. The summed E-state index contributed by atoms with van der Waals surface area (Å²) >= 11 is 0. The van der Waals surface area contributed by atoms with Crippen LogP contribution in [0.3, 0.4) is 0 Å². The normalized spacial score (nSPS) is 23.0. The van der Waals surface area contributed by atoms with Gasteiger partial charge in [-0.05, 0) is 73.8 Å². The topological polar surface area (TPSA) is 102 Å². The number of nitrogens with zero attached hydrogens (tertiary/aromatic N) is 1. The van der Waals surface area contributed by atoms with E-state index in [2.05, 4.69) is 5.32 Å². The van der Waals surface area contributed by atoms with E-state index in [0.29, 0.717) is 39.0 Å². The van der Waals surface area contributed by atoms with Crippen LogP contribution in [-0.2, 0) is 32.0 Å². The fraction of sp³-hybridized carbons (Fsp3) is 0.545. The fourth-order valence-electron chi connectivity index (χ4n) is 7.27. The van der Waals surface area contributed by atoms with Gasteiger partial charge in [0.15, 0.2) is 0 Å². The second-order valence-corrected chi connectivity index (χ2v) is 12.0. The maximum atomic E-state index is 14.0. The van der Waals surface area contributed by atoms with Crippen LogP contribution in [0, 0.1) is 23.1 Å². The van der Waals surface area contributed by atoms with Crippen LogP contribution in [0.4, 0.5) is 4.39 Å². The number of benzene rings is 2. The van der Waals surface area contributed by atoms with Crippen LogP contribution < -0.4 is 11.1 Å². The molecule has 1 saturated carbocycles. The number of halogens is 1. The highest BCUT2D eigenvalue weighted by molar-refractivity contribution is 5.90. The quantitative estimate of drug-likeness (QED) is 0.462. The Morgan fingerprint density at radius 2 is 1.73 bits per heavy atom. The Morgan fingerprint density at radius 3 is 2.39 bits per heavy atom. The van der Waals surface area contributed by atoms with Crippen molar-refractivity contribution in [2.45, 2.75) is 76.8 Å². The summed E-state index contributed by atoms with van der Waals surface area (Å²) < 4.78 is 19.2. The van der Waals surface area contributed by atoms with Gasteiger partial charge in [0.1, 0.15) is 11.9 Å². The maximum absolute atomic E-state index is 14.0. The van der Waals surface area contributed by atoms with Gasteiger partial charge in [-0.1, -0.05) is 55.7 Å². The first-order valence-electron chi connectivity index (χ1n) is 15.2. The number of hydrogen-bond acceptors (Lipinski definition) is 5. The van der Waals surface area contributed by atoms with Crippen molar-refractivity contribution in [2.24, 2.45) is 23.0 Å². The maximum Gasteiger partial charge on any atom is 0.312 e. The Balaban J connectivity index is 1.32. The molecule has 1 heterocycles. The van der Waals surface area contributed by atoms with E-state index >= 15 is 0 Å². The molecule has 1 saturated heterocycles. The Morgan fingerprint density at radius 1 is 1.05 bits per heavy atom. The largest absolute Gasteiger partial charge is 0.466 e. The molecule has 0 radical (unpaired) electrons. The SMILES string of the molecule is CCOC(=O)C1(C2CCCCC2)CCN(C(=O)C(Cc2ccc(F)cc2)NC(=O)C2Cc3ccccc3C2N)CC1. The Labute approximate surface area is 242 Å². The van der Waals surface area contributed by atoms with Crippen LogP contribution in [0.5, 0.6) is 0 Å². The molecule has 1 aliphatic heterocycles. The molecular weight excluding hydrogens is 521 g/mol. The van der Waals surface area contributed by atoms with Crippen LogP contribution in [0.15, 0.2) is 48.5 Å². The third-order valence-corrected chi connectivity index (χ3v) is 9.63. The molecule has 3 atom stereocenters. The highest BCUT2D eigenvalue weighted by Gasteiger charge is 2.49. The first-order valence-corrected chi connectivity index (χ1v) is 15.2. The highest BCUT2D eigenvalue weighted by atomic mass is 19.1. The summed E-state index contributed by atoms with van der Waals surface area (Å²) in [6, 6.07) is 12.5. The number of hydrogen-bond donors (Lipinski definition) is 2. The number of rotatable bonds is 8. The fourth-order valence-corrected chi connectivity index (χ4v) is 7.27. The molecule has 2 amide bonds. The van der Waals surface area contributed by atoms with Gasteiger partial charge in [-0.25, -0.2) is 4.39 Å². The van der Waals surface area contributed by atoms with Crippen molar-refractivity contribution in [1.82, 2.24) is 10.2 Å². The van der Waals surface area contributed by atoms with E-state index in [0.717, 1.165) is 42.4 Å². The van der Waals surface area contributed by atoms with Gasteiger partial charge in [-0.15, -0.1) is 0 Å². The van der Waals surface area contributed by atoms with Crippen molar-refractivity contribution in [1.29, 1.82) is 0 Å². The zero-order valence-electron chi connectivity index (χ0n) is 23.9. The number of nitrogens with two attached hydrogens (primary N) is 1. The molecule has 0 spiro atoms. The van der Waals surface area contributed by atoms with E-state index in [1.54, 1.807) is 17.0 Å². The van der Waals surface area contributed by atoms with Crippen molar-refractivity contribution < 1.29 is 23.5 Å². The molecule has 7 nitrogen and oxygen atoms in total. The standard InChI is InChI=1S/C33H42FN3O4/c1-2-41-32(40)33(24-9-4-3-5-10-24)16-18-37(19-17-33)31(39)28(20-22-12-14-25(34)15-13-22)36-30(38)27-21-23-8-6-7-11-26(23)29(27)35/h6-8,11-15,24,27-29H,2-5,9-10,16-21,35H2,1H3,(H,36,38). The molecule has 0 aromatic heterocycles. The molecule has 5 rings (SSSR count). The van der Waals surface area contributed by atoms with Crippen molar-refractivity contribution in [3.8, 4) is 0 Å². The lowest BCUT2D eigenvalue weighted by Gasteiger charge is -2.46. The van der Waals surface area contributed by atoms with E-state index in [9.17, 15) is 18.8 Å². The predicted octanol–water partition coefficient (Wildman–Crippen LogP) is 4.48. The minimum Gasteiger partial charge on any atom is -0.466 e. The molecule has 2 fully saturated rings. The van der Waals surface area contributed by atoms with Crippen molar-refractivity contribution >= 4 is 17.8 Å². The average molecular weight is 564 g/mol. The first-order chi connectivity index (χ1) is 19.8. The van der Waals surface area contributed by atoms with Gasteiger partial charge in [0.25, 0.3) is 0 Å². The molecule has 8 heteroatoms. The van der Waals surface area contributed by atoms with E-state index in [1.165, 1.54) is 18.6 Å². The lowest BCUT2D eigenvalue weighted by atomic mass is 9.63. The van der Waals surface area contributed by atoms with Crippen LogP contribution in [-0.4, -0.2) is 48.4 Å². The van der Waals surface area contributed by atoms with Crippen LogP contribution in [0.2, 0.25) is 0 Å². The third-order valence-electron chi connectivity index (χ3n) is 9.63. The molecule has 2 aromatic rings. The summed E-state index contributed by atoms with van der Waals surface area (Å²) in [4.78, 5) is 42.6. The summed E-state index contributed by atoms with van der Waals surface area (Å²) in [6.45, 7) is 3.04. The number of esters is 1. The monoisotopic (exact) mass is 563 g/mol. The number of carbonyl (C=O) groups excluding carboxylic acids is 3. The molecule has 3 N–H and O–H groups in total. The molecule has 3 unspecified atom stereocenters. The number of fused-ring (bicyclic) bond motifs is 1. The highest BCUT2D eigenvalue weighted by Crippen LogP contribution is 2.47. The van der Waals surface area contributed by atoms with E-state index in [-0.39, 0.29) is 35.9 Å². The molecule has 3 aliphatic rings. The minimum atomic E-state index is -0.825. The van der Waals surface area contributed by atoms with Crippen LogP contribution in [0.25, 0.3) is 0 Å². The number of piperidine rings is 1. The molecule has 41 heavy (non-hydrogen) atoms. The van der Waals surface area contributed by atoms with Crippen LogP contribution >= 0.6 is 0 Å². The number of likely N-dealkylation sites (tertiary alicyclic amines) is 1. The molecule has 220 valence electrons. The Bertz CT molecular complexity index is 1240. The summed E-state index contributed by atoms with van der Waals surface area (Å²) in [5, 5.41) is 3.02. The van der Waals surface area contributed by atoms with Crippen molar-refractivity contribution in [3.05, 3.63) is 71.0 Å². The summed E-state index contributed by atoms with van der Waals surface area (Å²) in [5.74, 6) is -1.13. The van der Waals surface area contributed by atoms with Gasteiger partial charge in [0, 0.05) is 25.6 Å². The smallest absolute Gasteiger partial charge is 0.312 e. The zero-order valence-corrected chi connectivity index (χ0v) is 23.9. The van der Waals surface area contributed by atoms with E-state index in [1.807, 2.05) is 31.2 Å². The summed E-state index contributed by atoms with van der Waals surface area (Å²) in [7, 11) is 0. The molecule has 2 aliphatic carbocycles.